The van der Waals surface area contributed by atoms with Gasteiger partial charge in [0.2, 0.25) is 0 Å². The van der Waals surface area contributed by atoms with Gasteiger partial charge in [0, 0.05) is 18.9 Å². The molecule has 0 heterocycles. The molecule has 0 rings (SSSR count). The van der Waals surface area contributed by atoms with Gasteiger partial charge in [0.25, 0.3) is 0 Å². The summed E-state index contributed by atoms with van der Waals surface area (Å²) in [7, 11) is 0. The first-order valence-corrected chi connectivity index (χ1v) is 3.43. The van der Waals surface area contributed by atoms with E-state index in [4.69, 9.17) is 10.2 Å². The monoisotopic (exact) mass is 237 g/mol. The van der Waals surface area contributed by atoms with Crippen molar-refractivity contribution in [3.8, 4) is 0 Å². The molecule has 0 saturated carbocycles. The van der Waals surface area contributed by atoms with Crippen LogP contribution >= 0.6 is 0 Å². The van der Waals surface area contributed by atoms with Gasteiger partial charge in [-0.15, -0.1) is 0 Å². The van der Waals surface area contributed by atoms with Gasteiger partial charge >= 0.3 is 59.1 Å². The Bertz CT molecular complexity index is 200. The molecule has 0 radical (unpaired) electrons. The molecule has 0 aliphatic carbocycles. The van der Waals surface area contributed by atoms with Gasteiger partial charge in [-0.1, -0.05) is 0 Å². The van der Waals surface area contributed by atoms with Gasteiger partial charge in [0.15, 0.2) is 6.29 Å². The molecule has 0 aromatic heterocycles. The Morgan fingerprint density at radius 1 is 1.20 bits per heavy atom. The molecule has 0 aliphatic heterocycles. The standard InChI is InChI=1S/C6H11NO6.2Na/c8-4(9)1-3(6(12)13)7-2-5(10)11;;/h3,5,7,10-11H,1-2H2,(H,8,9)(H,12,13);;/q;2*+1/p-2/t3-;;/m0../s1. The molecule has 0 bridgehead atoms. The number of carbonyl (C=O) groups is 2. The zero-order valence-corrected chi connectivity index (χ0v) is 12.6. The smallest absolute Gasteiger partial charge is 0.550 e. The van der Waals surface area contributed by atoms with E-state index in [-0.39, 0.29) is 59.1 Å². The van der Waals surface area contributed by atoms with Crippen LogP contribution in [0.1, 0.15) is 6.42 Å². The summed E-state index contributed by atoms with van der Waals surface area (Å²) in [4.78, 5) is 20.2. The summed E-state index contributed by atoms with van der Waals surface area (Å²) in [6.07, 6.45) is -2.53. The largest absolute Gasteiger partial charge is 1.00 e. The molecule has 15 heavy (non-hydrogen) atoms. The molecule has 0 aliphatic rings. The average Bonchev–Trinajstić information content (AvgIpc) is 1.96. The zero-order chi connectivity index (χ0) is 10.4. The van der Waals surface area contributed by atoms with Crippen LogP contribution < -0.4 is 74.6 Å². The van der Waals surface area contributed by atoms with Crippen LogP contribution in [0.4, 0.5) is 0 Å². The van der Waals surface area contributed by atoms with E-state index in [1.807, 2.05) is 0 Å². The third-order valence-electron chi connectivity index (χ3n) is 1.20. The Hall–Kier alpha value is 0.820. The second-order valence-corrected chi connectivity index (χ2v) is 2.34. The molecule has 0 spiro atoms. The predicted molar refractivity (Wildman–Crippen MR) is 34.6 cm³/mol. The summed E-state index contributed by atoms with van der Waals surface area (Å²) in [6.45, 7) is -0.452. The van der Waals surface area contributed by atoms with E-state index in [0.717, 1.165) is 0 Å². The van der Waals surface area contributed by atoms with Crippen molar-refractivity contribution in [3.63, 3.8) is 0 Å². The molecule has 0 amide bonds. The number of rotatable bonds is 6. The molecule has 0 fully saturated rings. The van der Waals surface area contributed by atoms with Crippen LogP contribution in [0.2, 0.25) is 0 Å². The van der Waals surface area contributed by atoms with E-state index in [1.165, 1.54) is 0 Å². The van der Waals surface area contributed by atoms with Gasteiger partial charge in [0.1, 0.15) is 0 Å². The normalized spacial score (nSPS) is 11.1. The van der Waals surface area contributed by atoms with Crippen LogP contribution in [0.5, 0.6) is 0 Å². The summed E-state index contributed by atoms with van der Waals surface area (Å²) in [6, 6.07) is -1.48. The first-order chi connectivity index (χ1) is 5.93. The average molecular weight is 237 g/mol. The van der Waals surface area contributed by atoms with Gasteiger partial charge in [-0.05, 0) is 0 Å². The molecule has 3 N–H and O–H groups in total. The van der Waals surface area contributed by atoms with Crippen molar-refractivity contribution < 1.29 is 89.1 Å². The van der Waals surface area contributed by atoms with Gasteiger partial charge in [-0.25, -0.2) is 0 Å². The summed E-state index contributed by atoms with van der Waals surface area (Å²) in [5.74, 6) is -3.20. The molecule has 0 aromatic rings. The molecular weight excluding hydrogens is 228 g/mol. The summed E-state index contributed by atoms with van der Waals surface area (Å²) in [5.41, 5.74) is 0. The van der Waals surface area contributed by atoms with E-state index in [2.05, 4.69) is 5.32 Å². The van der Waals surface area contributed by atoms with Crippen LogP contribution in [0.3, 0.4) is 0 Å². The first kappa shape index (κ1) is 21.1. The fourth-order valence-electron chi connectivity index (χ4n) is 0.653. The minimum atomic E-state index is -1.75. The summed E-state index contributed by atoms with van der Waals surface area (Å²) in [5, 5.41) is 38.9. The van der Waals surface area contributed by atoms with Crippen molar-refractivity contribution in [3.05, 3.63) is 0 Å². The molecule has 0 saturated heterocycles. The topological polar surface area (TPSA) is 133 Å². The number of aliphatic hydroxyl groups excluding tert-OH is 1. The van der Waals surface area contributed by atoms with Gasteiger partial charge in [-0.2, -0.15) is 0 Å². The molecular formula is C6H9NNa2O6. The molecule has 76 valence electrons. The molecule has 0 aromatic carbocycles. The Labute approximate surface area is 130 Å². The Balaban J connectivity index is -0.000000720. The number of carboxylic acid groups (broad SMARTS) is 2. The SMILES string of the molecule is O=C([O-])C[C@H](NCC(O)O)C(=O)[O-].[Na+].[Na+]. The van der Waals surface area contributed by atoms with E-state index in [0.29, 0.717) is 0 Å². The minimum Gasteiger partial charge on any atom is -0.550 e. The number of aliphatic carboxylic acids is 2. The zero-order valence-electron chi connectivity index (χ0n) is 8.60. The van der Waals surface area contributed by atoms with Crippen molar-refractivity contribution in [2.45, 2.75) is 18.8 Å². The summed E-state index contributed by atoms with van der Waals surface area (Å²) < 4.78 is 0. The van der Waals surface area contributed by atoms with Crippen LogP contribution in [-0.4, -0.2) is 41.0 Å². The molecule has 9 heteroatoms. The Morgan fingerprint density at radius 3 is 1.93 bits per heavy atom. The van der Waals surface area contributed by atoms with E-state index in [9.17, 15) is 19.8 Å². The number of hydrogen-bond donors (Lipinski definition) is 3. The fourth-order valence-corrected chi connectivity index (χ4v) is 0.653. The van der Waals surface area contributed by atoms with Crippen LogP contribution in [-0.2, 0) is 9.59 Å². The number of carboxylic acids is 2. The number of aliphatic hydroxyl groups is 2. The second-order valence-electron chi connectivity index (χ2n) is 2.34. The van der Waals surface area contributed by atoms with Crippen LogP contribution in [0.25, 0.3) is 0 Å². The van der Waals surface area contributed by atoms with Crippen LogP contribution in [0.15, 0.2) is 0 Å². The third kappa shape index (κ3) is 12.8. The Kier molecular flexibility index (Phi) is 15.9. The second kappa shape index (κ2) is 11.3. The minimum absolute atomic E-state index is 0. The molecule has 0 unspecified atom stereocenters. The van der Waals surface area contributed by atoms with Crippen molar-refractivity contribution in [1.82, 2.24) is 5.32 Å². The number of hydrogen-bond acceptors (Lipinski definition) is 7. The first-order valence-electron chi connectivity index (χ1n) is 3.43. The molecule has 1 atom stereocenters. The maximum absolute atomic E-state index is 10.2. The summed E-state index contributed by atoms with van der Waals surface area (Å²) >= 11 is 0. The molecule has 7 nitrogen and oxygen atoms in total. The van der Waals surface area contributed by atoms with Crippen molar-refractivity contribution in [2.24, 2.45) is 0 Å². The van der Waals surface area contributed by atoms with Crippen LogP contribution in [0, 0.1) is 0 Å². The Morgan fingerprint density at radius 2 is 1.67 bits per heavy atom. The van der Waals surface area contributed by atoms with Gasteiger partial charge < -0.3 is 35.3 Å². The van der Waals surface area contributed by atoms with Crippen molar-refractivity contribution in [1.29, 1.82) is 0 Å². The number of nitrogens with one attached hydrogen (secondary N) is 1. The predicted octanol–water partition coefficient (Wildman–Crippen LogP) is -10.8. The van der Waals surface area contributed by atoms with Gasteiger partial charge in [0.05, 0.1) is 12.0 Å². The number of carbonyl (C=O) groups excluding carboxylic acids is 2. The van der Waals surface area contributed by atoms with E-state index >= 15 is 0 Å². The quantitative estimate of drug-likeness (QED) is 0.308. The van der Waals surface area contributed by atoms with Gasteiger partial charge in [-0.3, -0.25) is 0 Å². The van der Waals surface area contributed by atoms with E-state index < -0.39 is 37.2 Å². The maximum atomic E-state index is 10.2. The maximum Gasteiger partial charge on any atom is 1.00 e. The third-order valence-corrected chi connectivity index (χ3v) is 1.20. The van der Waals surface area contributed by atoms with Crippen molar-refractivity contribution >= 4 is 11.9 Å². The van der Waals surface area contributed by atoms with E-state index in [1.54, 1.807) is 0 Å². The van der Waals surface area contributed by atoms with Crippen molar-refractivity contribution in [2.75, 3.05) is 6.54 Å². The fraction of sp³-hybridized carbons (Fsp3) is 0.667.